The van der Waals surface area contributed by atoms with Gasteiger partial charge in [0.2, 0.25) is 15.9 Å². The zero-order valence-electron chi connectivity index (χ0n) is 23.5. The van der Waals surface area contributed by atoms with Crippen molar-refractivity contribution in [3.05, 3.63) is 123 Å². The number of carbonyl (C=O) groups is 1. The Hall–Kier alpha value is -4.50. The van der Waals surface area contributed by atoms with E-state index in [4.69, 9.17) is 9.47 Å². The molecule has 0 fully saturated rings. The summed E-state index contributed by atoms with van der Waals surface area (Å²) in [5.74, 6) is 0.394. The molecule has 9 nitrogen and oxygen atoms in total. The van der Waals surface area contributed by atoms with Crippen LogP contribution in [0, 0.1) is 18.3 Å². The molecule has 4 aromatic carbocycles. The van der Waals surface area contributed by atoms with Gasteiger partial charge < -0.3 is 9.47 Å². The first-order valence-corrected chi connectivity index (χ1v) is 15.4. The number of amides is 1. The van der Waals surface area contributed by atoms with Gasteiger partial charge in [0, 0.05) is 22.0 Å². The first-order valence-electron chi connectivity index (χ1n) is 13.1. The summed E-state index contributed by atoms with van der Waals surface area (Å²) in [5, 5.41) is 13.4. The van der Waals surface area contributed by atoms with Gasteiger partial charge in [-0.25, -0.2) is 18.6 Å². The first kappa shape index (κ1) is 31.4. The Bertz CT molecular complexity index is 1760. The third-order valence-corrected chi connectivity index (χ3v) is 8.59. The molecule has 0 aliphatic heterocycles. The van der Waals surface area contributed by atoms with E-state index in [2.05, 4.69) is 37.2 Å². The van der Waals surface area contributed by atoms with Crippen LogP contribution in [0.1, 0.15) is 40.3 Å². The Morgan fingerprint density at radius 3 is 2.42 bits per heavy atom. The summed E-state index contributed by atoms with van der Waals surface area (Å²) in [5.41, 5.74) is 5.91. The van der Waals surface area contributed by atoms with Crippen molar-refractivity contribution in [3.8, 4) is 17.6 Å². The molecular formula is C32H29BrN4O5S. The molecule has 0 radical (unpaired) electrons. The lowest BCUT2D eigenvalue weighted by atomic mass is 10.0. The van der Waals surface area contributed by atoms with Gasteiger partial charge in [-0.15, -0.1) is 0 Å². The fourth-order valence-corrected chi connectivity index (χ4v) is 5.77. The normalized spacial score (nSPS) is 12.0. The second-order valence-electron chi connectivity index (χ2n) is 9.48. The molecule has 4 rings (SSSR count). The molecule has 0 aliphatic rings. The van der Waals surface area contributed by atoms with Gasteiger partial charge in [-0.1, -0.05) is 66.2 Å². The molecule has 0 aromatic heterocycles. The molecule has 11 heteroatoms. The van der Waals surface area contributed by atoms with Crippen molar-refractivity contribution in [2.45, 2.75) is 30.9 Å². The molecule has 0 saturated heterocycles. The maximum atomic E-state index is 13.1. The van der Waals surface area contributed by atoms with Crippen molar-refractivity contribution in [1.82, 2.24) is 10.1 Å². The molecule has 220 valence electrons. The Balaban J connectivity index is 1.44. The van der Waals surface area contributed by atoms with Crippen LogP contribution in [0.2, 0.25) is 0 Å². The maximum Gasteiger partial charge on any atom is 0.242 e. The Kier molecular flexibility index (Phi) is 10.7. The summed E-state index contributed by atoms with van der Waals surface area (Å²) in [7, 11) is -2.39. The average molecular weight is 662 g/mol. The van der Waals surface area contributed by atoms with Crippen molar-refractivity contribution in [2.24, 2.45) is 5.10 Å². The number of rotatable bonds is 12. The van der Waals surface area contributed by atoms with Crippen LogP contribution in [0.15, 0.2) is 105 Å². The van der Waals surface area contributed by atoms with Gasteiger partial charge in [0.15, 0.2) is 11.5 Å². The zero-order valence-corrected chi connectivity index (χ0v) is 25.9. The minimum Gasteiger partial charge on any atom is -0.493 e. The Labute approximate surface area is 259 Å². The number of nitrogens with zero attached hydrogens (tertiary/aromatic N) is 2. The number of nitriles is 1. The number of hydrogen-bond acceptors (Lipinski definition) is 7. The molecule has 0 bridgehead atoms. The molecule has 0 saturated carbocycles. The number of carbonyl (C=O) groups excluding carboxylic acids is 1. The maximum absolute atomic E-state index is 13.1. The van der Waals surface area contributed by atoms with Gasteiger partial charge in [-0.05, 0) is 58.7 Å². The van der Waals surface area contributed by atoms with Gasteiger partial charge in [0.25, 0.3) is 0 Å². The Morgan fingerprint density at radius 1 is 1.02 bits per heavy atom. The summed E-state index contributed by atoms with van der Waals surface area (Å²) in [6.45, 7) is 2.04. The van der Waals surface area contributed by atoms with Crippen molar-refractivity contribution in [1.29, 1.82) is 5.26 Å². The van der Waals surface area contributed by atoms with Gasteiger partial charge in [-0.2, -0.15) is 10.4 Å². The second kappa shape index (κ2) is 14.6. The minimum atomic E-state index is -3.89. The molecule has 1 amide bonds. The van der Waals surface area contributed by atoms with Gasteiger partial charge >= 0.3 is 0 Å². The molecule has 0 unspecified atom stereocenters. The predicted molar refractivity (Wildman–Crippen MR) is 167 cm³/mol. The van der Waals surface area contributed by atoms with E-state index in [-0.39, 0.29) is 17.9 Å². The van der Waals surface area contributed by atoms with Crippen molar-refractivity contribution < 1.29 is 22.7 Å². The largest absolute Gasteiger partial charge is 0.493 e. The van der Waals surface area contributed by atoms with Crippen LogP contribution >= 0.6 is 15.9 Å². The van der Waals surface area contributed by atoms with E-state index in [9.17, 15) is 18.5 Å². The van der Waals surface area contributed by atoms with E-state index in [1.165, 1.54) is 25.5 Å². The minimum absolute atomic E-state index is 0.109. The van der Waals surface area contributed by atoms with E-state index >= 15 is 0 Å². The van der Waals surface area contributed by atoms with Crippen LogP contribution in [0.3, 0.4) is 0 Å². The number of methoxy groups -OCH3 is 1. The van der Waals surface area contributed by atoms with Crippen LogP contribution in [0.4, 0.5) is 0 Å². The summed E-state index contributed by atoms with van der Waals surface area (Å²) >= 11 is 3.49. The standard InChI is InChI=1S/C32H29BrN4O5S/c1-22-12-14-27(15-13-22)43(39,40)37-29(23-8-4-3-5-9-23)18-32(38)36-35-20-26-16-30(41-2)31(17-28(26)33)42-21-25-11-7-6-10-24(25)19-34/h3-17,20,29,37H,18,21H2,1-2H3,(H,36,38)/b35-20-/t29-/m1/s1. The number of aryl methyl sites for hydroxylation is 1. The molecule has 2 N–H and O–H groups in total. The smallest absolute Gasteiger partial charge is 0.242 e. The van der Waals surface area contributed by atoms with Crippen molar-refractivity contribution >= 4 is 38.1 Å². The van der Waals surface area contributed by atoms with E-state index < -0.39 is 22.0 Å². The zero-order chi connectivity index (χ0) is 30.8. The number of halogens is 1. The number of sulfonamides is 1. The Morgan fingerprint density at radius 2 is 1.72 bits per heavy atom. The monoisotopic (exact) mass is 660 g/mol. The van der Waals surface area contributed by atoms with Crippen LogP contribution in [0.25, 0.3) is 0 Å². The van der Waals surface area contributed by atoms with Crippen LogP contribution < -0.4 is 19.6 Å². The lowest BCUT2D eigenvalue weighted by Gasteiger charge is -2.18. The highest BCUT2D eigenvalue weighted by atomic mass is 79.9. The second-order valence-corrected chi connectivity index (χ2v) is 12.0. The van der Waals surface area contributed by atoms with E-state index in [0.717, 1.165) is 11.1 Å². The van der Waals surface area contributed by atoms with Gasteiger partial charge in [-0.3, -0.25) is 4.79 Å². The molecular weight excluding hydrogens is 632 g/mol. The quantitative estimate of drug-likeness (QED) is 0.146. The number of hydrogen-bond donors (Lipinski definition) is 2. The molecule has 0 aliphatic carbocycles. The SMILES string of the molecule is COc1cc(/C=N\NC(=O)C[C@@H](NS(=O)(=O)c2ccc(C)cc2)c2ccccc2)c(Br)cc1OCc1ccccc1C#N. The molecule has 43 heavy (non-hydrogen) atoms. The molecule has 1 atom stereocenters. The van der Waals surface area contributed by atoms with E-state index in [1.807, 2.05) is 25.1 Å². The van der Waals surface area contributed by atoms with E-state index in [0.29, 0.717) is 32.7 Å². The number of benzene rings is 4. The van der Waals surface area contributed by atoms with Crippen molar-refractivity contribution in [3.63, 3.8) is 0 Å². The highest BCUT2D eigenvalue weighted by Gasteiger charge is 2.24. The van der Waals surface area contributed by atoms with Crippen LogP contribution in [-0.4, -0.2) is 27.6 Å². The highest BCUT2D eigenvalue weighted by Crippen LogP contribution is 2.33. The summed E-state index contributed by atoms with van der Waals surface area (Å²) < 4.78 is 40.8. The van der Waals surface area contributed by atoms with Gasteiger partial charge in [0.1, 0.15) is 6.61 Å². The fourth-order valence-electron chi connectivity index (χ4n) is 4.12. The number of nitrogens with one attached hydrogen (secondary N) is 2. The lowest BCUT2D eigenvalue weighted by Crippen LogP contribution is -2.32. The summed E-state index contributed by atoms with van der Waals surface area (Å²) in [4.78, 5) is 13.0. The van der Waals surface area contributed by atoms with Gasteiger partial charge in [0.05, 0.1) is 35.9 Å². The van der Waals surface area contributed by atoms with Crippen LogP contribution in [-0.2, 0) is 21.4 Å². The van der Waals surface area contributed by atoms with E-state index in [1.54, 1.807) is 60.7 Å². The molecule has 0 heterocycles. The topological polar surface area (TPSA) is 130 Å². The third-order valence-electron chi connectivity index (χ3n) is 6.42. The summed E-state index contributed by atoms with van der Waals surface area (Å²) in [6, 6.07) is 27.2. The molecule has 0 spiro atoms. The lowest BCUT2D eigenvalue weighted by molar-refractivity contribution is -0.121. The molecule has 4 aromatic rings. The predicted octanol–water partition coefficient (Wildman–Crippen LogP) is 5.78. The third kappa shape index (κ3) is 8.51. The summed E-state index contributed by atoms with van der Waals surface area (Å²) in [6.07, 6.45) is 1.25. The average Bonchev–Trinajstić information content (AvgIpc) is 3.01. The van der Waals surface area contributed by atoms with Crippen molar-refractivity contribution in [2.75, 3.05) is 7.11 Å². The van der Waals surface area contributed by atoms with Crippen LogP contribution in [0.5, 0.6) is 11.5 Å². The number of ether oxygens (including phenoxy) is 2. The highest BCUT2D eigenvalue weighted by molar-refractivity contribution is 9.10. The first-order chi connectivity index (χ1) is 20.7. The number of hydrazone groups is 1. The fraction of sp³-hybridized carbons (Fsp3) is 0.156.